The lowest BCUT2D eigenvalue weighted by Crippen LogP contribution is -2.27. The maximum atomic E-state index is 12.1. The summed E-state index contributed by atoms with van der Waals surface area (Å²) in [4.78, 5) is 18.8. The highest BCUT2D eigenvalue weighted by atomic mass is 16.3. The number of carbonyl (C=O) groups is 1. The molecule has 0 atom stereocenters. The van der Waals surface area contributed by atoms with Crippen LogP contribution in [0.15, 0.2) is 18.2 Å². The SMILES string of the molecule is CN(C)Cc1c(C(N)=O)nc2n1C1CC(C1)c1ccc(C#CC(C)(C)O)cc1-2. The summed E-state index contributed by atoms with van der Waals surface area (Å²) < 4.78 is 2.22. The molecule has 3 heterocycles. The predicted molar refractivity (Wildman–Crippen MR) is 108 cm³/mol. The molecule has 1 fully saturated rings. The van der Waals surface area contributed by atoms with E-state index in [0.717, 1.165) is 35.5 Å². The van der Waals surface area contributed by atoms with Gasteiger partial charge in [0.2, 0.25) is 0 Å². The van der Waals surface area contributed by atoms with Gasteiger partial charge in [0.15, 0.2) is 5.69 Å². The highest BCUT2D eigenvalue weighted by Gasteiger charge is 2.41. The van der Waals surface area contributed by atoms with Gasteiger partial charge in [-0.2, -0.15) is 0 Å². The van der Waals surface area contributed by atoms with E-state index in [0.29, 0.717) is 24.2 Å². The maximum Gasteiger partial charge on any atom is 0.269 e. The number of aromatic nitrogens is 2. The van der Waals surface area contributed by atoms with Crippen molar-refractivity contribution in [1.29, 1.82) is 0 Å². The second-order valence-corrected chi connectivity index (χ2v) is 8.64. The molecular weight excluding hydrogens is 352 g/mol. The number of amides is 1. The summed E-state index contributed by atoms with van der Waals surface area (Å²) >= 11 is 0. The van der Waals surface area contributed by atoms with Gasteiger partial charge >= 0.3 is 0 Å². The Labute approximate surface area is 165 Å². The summed E-state index contributed by atoms with van der Waals surface area (Å²) in [5, 5.41) is 9.91. The van der Waals surface area contributed by atoms with Crippen LogP contribution in [0.1, 0.15) is 66.0 Å². The molecule has 2 bridgehead atoms. The van der Waals surface area contributed by atoms with Gasteiger partial charge in [-0.25, -0.2) is 4.98 Å². The topological polar surface area (TPSA) is 84.4 Å². The van der Waals surface area contributed by atoms with Gasteiger partial charge in [-0.05, 0) is 64.4 Å². The van der Waals surface area contributed by atoms with E-state index in [4.69, 9.17) is 10.7 Å². The van der Waals surface area contributed by atoms with Gasteiger partial charge in [-0.3, -0.25) is 4.79 Å². The van der Waals surface area contributed by atoms with Crippen LogP contribution in [-0.2, 0) is 6.54 Å². The third kappa shape index (κ3) is 3.21. The van der Waals surface area contributed by atoms with Crippen LogP contribution in [0.4, 0.5) is 0 Å². The van der Waals surface area contributed by atoms with E-state index >= 15 is 0 Å². The number of imidazole rings is 1. The Morgan fingerprint density at radius 3 is 2.71 bits per heavy atom. The minimum atomic E-state index is -1.05. The average molecular weight is 378 g/mol. The molecule has 0 saturated heterocycles. The lowest BCUT2D eigenvalue weighted by molar-refractivity contribution is 0.0993. The number of rotatable bonds is 3. The van der Waals surface area contributed by atoms with E-state index in [1.54, 1.807) is 13.8 Å². The highest BCUT2D eigenvalue weighted by Crippen LogP contribution is 2.52. The van der Waals surface area contributed by atoms with Gasteiger partial charge in [0.05, 0.1) is 5.69 Å². The average Bonchev–Trinajstić information content (AvgIpc) is 2.77. The molecule has 6 nitrogen and oxygen atoms in total. The number of aliphatic hydroxyl groups is 1. The first-order valence-corrected chi connectivity index (χ1v) is 9.59. The van der Waals surface area contributed by atoms with E-state index in [2.05, 4.69) is 22.5 Å². The number of hydrogen-bond acceptors (Lipinski definition) is 4. The fourth-order valence-corrected chi connectivity index (χ4v) is 4.16. The Kier molecular flexibility index (Phi) is 4.33. The van der Waals surface area contributed by atoms with E-state index in [9.17, 15) is 9.90 Å². The minimum absolute atomic E-state index is 0.342. The largest absolute Gasteiger partial charge is 0.378 e. The molecule has 1 amide bonds. The summed E-state index contributed by atoms with van der Waals surface area (Å²) in [5.41, 5.74) is 8.94. The first-order valence-electron chi connectivity index (χ1n) is 9.59. The minimum Gasteiger partial charge on any atom is -0.378 e. The quantitative estimate of drug-likeness (QED) is 0.803. The van der Waals surface area contributed by atoms with E-state index in [1.165, 1.54) is 5.56 Å². The summed E-state index contributed by atoms with van der Waals surface area (Å²) in [7, 11) is 3.95. The smallest absolute Gasteiger partial charge is 0.269 e. The van der Waals surface area contributed by atoms with E-state index in [1.807, 2.05) is 31.1 Å². The number of hydrogen-bond donors (Lipinski definition) is 2. The lowest BCUT2D eigenvalue weighted by Gasteiger charge is -2.35. The van der Waals surface area contributed by atoms with Crippen molar-refractivity contribution in [2.45, 2.75) is 50.8 Å². The van der Waals surface area contributed by atoms with Crippen LogP contribution in [0.25, 0.3) is 11.4 Å². The summed E-state index contributed by atoms with van der Waals surface area (Å²) in [5.74, 6) is 6.73. The molecule has 5 rings (SSSR count). The molecule has 28 heavy (non-hydrogen) atoms. The van der Waals surface area contributed by atoms with Crippen LogP contribution >= 0.6 is 0 Å². The number of benzene rings is 1. The van der Waals surface area contributed by atoms with Crippen molar-refractivity contribution in [3.8, 4) is 23.2 Å². The summed E-state index contributed by atoms with van der Waals surface area (Å²) in [6.07, 6.45) is 2.09. The molecule has 0 unspecified atom stereocenters. The van der Waals surface area contributed by atoms with Gasteiger partial charge < -0.3 is 20.3 Å². The van der Waals surface area contributed by atoms with Crippen LogP contribution in [0.5, 0.6) is 0 Å². The molecule has 2 aromatic rings. The molecular formula is C22H26N4O2. The molecule has 3 N–H and O–H groups in total. The summed E-state index contributed by atoms with van der Waals surface area (Å²) in [6.45, 7) is 3.94. The Bertz CT molecular complexity index is 1010. The van der Waals surface area contributed by atoms with Crippen molar-refractivity contribution in [3.63, 3.8) is 0 Å². The Morgan fingerprint density at radius 1 is 1.39 bits per heavy atom. The number of nitrogens with two attached hydrogens (primary N) is 1. The van der Waals surface area contributed by atoms with Gasteiger partial charge in [0, 0.05) is 23.7 Å². The zero-order valence-electron chi connectivity index (χ0n) is 16.8. The molecule has 0 spiro atoms. The highest BCUT2D eigenvalue weighted by molar-refractivity contribution is 5.93. The monoisotopic (exact) mass is 378 g/mol. The van der Waals surface area contributed by atoms with Crippen molar-refractivity contribution < 1.29 is 9.90 Å². The van der Waals surface area contributed by atoms with Crippen molar-refractivity contribution >= 4 is 5.91 Å². The van der Waals surface area contributed by atoms with Gasteiger partial charge in [0.25, 0.3) is 5.91 Å². The zero-order chi connectivity index (χ0) is 20.2. The van der Waals surface area contributed by atoms with Crippen molar-refractivity contribution in [3.05, 3.63) is 40.7 Å². The number of carbonyl (C=O) groups excluding carboxylic acids is 1. The van der Waals surface area contributed by atoms with Gasteiger partial charge in [-0.15, -0.1) is 0 Å². The molecule has 1 aromatic heterocycles. The van der Waals surface area contributed by atoms with Crippen molar-refractivity contribution in [2.24, 2.45) is 5.73 Å². The molecule has 3 aliphatic rings. The Hall–Kier alpha value is -2.62. The molecule has 1 aromatic carbocycles. The Morgan fingerprint density at radius 2 is 2.11 bits per heavy atom. The zero-order valence-corrected chi connectivity index (χ0v) is 16.8. The molecule has 6 heteroatoms. The fourth-order valence-electron chi connectivity index (χ4n) is 4.16. The van der Waals surface area contributed by atoms with Crippen molar-refractivity contribution in [1.82, 2.24) is 14.5 Å². The second-order valence-electron chi connectivity index (χ2n) is 8.64. The number of nitrogens with zero attached hydrogens (tertiary/aromatic N) is 3. The summed E-state index contributed by atoms with van der Waals surface area (Å²) in [6, 6.07) is 6.48. The molecule has 1 aliphatic carbocycles. The van der Waals surface area contributed by atoms with E-state index < -0.39 is 11.5 Å². The van der Waals surface area contributed by atoms with Crippen LogP contribution in [0.2, 0.25) is 0 Å². The van der Waals surface area contributed by atoms with Crippen LogP contribution < -0.4 is 5.73 Å². The first kappa shape index (κ1) is 18.7. The van der Waals surface area contributed by atoms with Crippen molar-refractivity contribution in [2.75, 3.05) is 14.1 Å². The third-order valence-corrected chi connectivity index (χ3v) is 5.43. The number of primary amides is 1. The fraction of sp³-hybridized carbons (Fsp3) is 0.455. The Balaban J connectivity index is 1.91. The van der Waals surface area contributed by atoms with Crippen LogP contribution in [0, 0.1) is 11.8 Å². The molecule has 2 aliphatic heterocycles. The van der Waals surface area contributed by atoms with Crippen LogP contribution in [0.3, 0.4) is 0 Å². The second kappa shape index (κ2) is 6.47. The standard InChI is InChI=1S/C22H26N4O2/c1-22(2,28)8-7-13-5-6-16-14-10-15(11-14)26-18(12-25(3)4)19(20(23)27)24-21(26)17(16)9-13/h5-6,9,14-15,28H,10-12H2,1-4H3,(H2,23,27). The first-order chi connectivity index (χ1) is 13.1. The van der Waals surface area contributed by atoms with Gasteiger partial charge in [-0.1, -0.05) is 17.9 Å². The maximum absolute atomic E-state index is 12.1. The molecule has 0 radical (unpaired) electrons. The lowest BCUT2D eigenvalue weighted by atomic mass is 9.75. The predicted octanol–water partition coefficient (Wildman–Crippen LogP) is 2.27. The normalized spacial score (nSPS) is 19.8. The van der Waals surface area contributed by atoms with Gasteiger partial charge in [0.1, 0.15) is 11.4 Å². The van der Waals surface area contributed by atoms with Crippen LogP contribution in [-0.4, -0.2) is 45.2 Å². The van der Waals surface area contributed by atoms with E-state index in [-0.39, 0.29) is 0 Å². The third-order valence-electron chi connectivity index (χ3n) is 5.43. The molecule has 1 saturated carbocycles. The molecule has 146 valence electrons.